The molecule has 126 valence electrons. The highest BCUT2D eigenvalue weighted by Gasteiger charge is 2.30. The number of carbonyl (C=O) groups excluding carboxylic acids is 1. The smallest absolute Gasteiger partial charge is 0.414 e. The second-order valence-electron chi connectivity index (χ2n) is 5.74. The molecule has 3 rings (SSSR count). The number of amides is 1. The predicted octanol–water partition coefficient (Wildman–Crippen LogP) is 2.87. The zero-order valence-corrected chi connectivity index (χ0v) is 14.1. The highest BCUT2D eigenvalue weighted by Crippen LogP contribution is 2.36. The lowest BCUT2D eigenvalue weighted by molar-refractivity contribution is 0.122. The third-order valence-corrected chi connectivity index (χ3v) is 4.50. The lowest BCUT2D eigenvalue weighted by Gasteiger charge is -2.28. The predicted molar refractivity (Wildman–Crippen MR) is 89.6 cm³/mol. The van der Waals surface area contributed by atoms with E-state index in [2.05, 4.69) is 16.8 Å². The van der Waals surface area contributed by atoms with E-state index in [4.69, 9.17) is 21.1 Å². The van der Waals surface area contributed by atoms with Crippen LogP contribution in [-0.4, -0.2) is 50.5 Å². The zero-order valence-electron chi connectivity index (χ0n) is 13.4. The summed E-state index contributed by atoms with van der Waals surface area (Å²) >= 11 is 6.34. The van der Waals surface area contributed by atoms with Gasteiger partial charge in [-0.25, -0.2) is 9.78 Å². The highest BCUT2D eigenvalue weighted by molar-refractivity contribution is 6.31. The van der Waals surface area contributed by atoms with Crippen molar-refractivity contribution in [1.82, 2.24) is 4.98 Å². The van der Waals surface area contributed by atoms with Crippen LogP contribution in [0, 0.1) is 0 Å². The second-order valence-corrected chi connectivity index (χ2v) is 6.10. The fourth-order valence-corrected chi connectivity index (χ4v) is 3.14. The number of nitrogens with zero attached hydrogens (tertiary/aromatic N) is 3. The Kier molecular flexibility index (Phi) is 5.23. The van der Waals surface area contributed by atoms with Gasteiger partial charge in [-0.15, -0.1) is 0 Å². The molecule has 6 nitrogen and oxygen atoms in total. The Morgan fingerprint density at radius 1 is 1.39 bits per heavy atom. The van der Waals surface area contributed by atoms with Gasteiger partial charge in [-0.3, -0.25) is 4.90 Å². The summed E-state index contributed by atoms with van der Waals surface area (Å²) < 4.78 is 10.7. The van der Waals surface area contributed by atoms with Crippen molar-refractivity contribution >= 4 is 29.2 Å². The molecule has 0 spiro atoms. The summed E-state index contributed by atoms with van der Waals surface area (Å²) in [6.07, 6.45) is 2.30. The van der Waals surface area contributed by atoms with Crippen LogP contribution in [-0.2, 0) is 15.9 Å². The molecular formula is C16H22ClN3O3. The number of ether oxygens (including phenoxy) is 2. The number of aromatic nitrogens is 1. The fraction of sp³-hybridized carbons (Fsp3) is 0.625. The largest absolute Gasteiger partial charge is 0.449 e. The van der Waals surface area contributed by atoms with Gasteiger partial charge in [0.05, 0.1) is 25.5 Å². The van der Waals surface area contributed by atoms with Gasteiger partial charge >= 0.3 is 6.09 Å². The molecular weight excluding hydrogens is 318 g/mol. The van der Waals surface area contributed by atoms with Gasteiger partial charge in [0, 0.05) is 31.3 Å². The molecule has 1 fully saturated rings. The number of halogens is 1. The minimum atomic E-state index is -0.299. The fourth-order valence-electron chi connectivity index (χ4n) is 2.86. The number of fused-ring (bicyclic) bond motifs is 1. The first kappa shape index (κ1) is 16.3. The molecule has 0 aromatic carbocycles. The summed E-state index contributed by atoms with van der Waals surface area (Å²) in [6, 6.07) is 1.95. The minimum Gasteiger partial charge on any atom is -0.449 e. The number of hydrogen-bond acceptors (Lipinski definition) is 5. The maximum Gasteiger partial charge on any atom is 0.414 e. The number of morpholine rings is 1. The summed E-state index contributed by atoms with van der Waals surface area (Å²) in [6.45, 7) is 6.04. The molecule has 1 saturated heterocycles. The number of hydrogen-bond donors (Lipinski definition) is 0. The molecule has 1 amide bonds. The summed E-state index contributed by atoms with van der Waals surface area (Å²) in [4.78, 5) is 20.6. The van der Waals surface area contributed by atoms with Gasteiger partial charge in [0.1, 0.15) is 11.0 Å². The van der Waals surface area contributed by atoms with Crippen molar-refractivity contribution < 1.29 is 14.3 Å². The molecule has 7 heteroatoms. The molecule has 0 N–H and O–H groups in total. The van der Waals surface area contributed by atoms with Crippen LogP contribution in [0.2, 0.25) is 5.15 Å². The molecule has 3 heterocycles. The maximum absolute atomic E-state index is 12.3. The van der Waals surface area contributed by atoms with Crippen LogP contribution >= 0.6 is 11.6 Å². The van der Waals surface area contributed by atoms with Gasteiger partial charge < -0.3 is 14.4 Å². The van der Waals surface area contributed by atoms with E-state index >= 15 is 0 Å². The molecule has 0 bridgehead atoms. The van der Waals surface area contributed by atoms with Crippen molar-refractivity contribution in [3.05, 3.63) is 16.8 Å². The number of pyridine rings is 1. The van der Waals surface area contributed by atoms with Gasteiger partial charge in [-0.2, -0.15) is 0 Å². The number of rotatable bonds is 4. The first-order valence-corrected chi connectivity index (χ1v) is 8.55. The van der Waals surface area contributed by atoms with E-state index in [-0.39, 0.29) is 6.09 Å². The summed E-state index contributed by atoms with van der Waals surface area (Å²) in [7, 11) is 0. The Balaban J connectivity index is 1.79. The molecule has 2 aliphatic heterocycles. The van der Waals surface area contributed by atoms with Gasteiger partial charge in [0.2, 0.25) is 0 Å². The Bertz CT molecular complexity index is 576. The topological polar surface area (TPSA) is 54.9 Å². The number of anilines is 2. The van der Waals surface area contributed by atoms with Gasteiger partial charge in [-0.1, -0.05) is 24.9 Å². The van der Waals surface area contributed by atoms with E-state index in [1.54, 1.807) is 4.90 Å². The second kappa shape index (κ2) is 7.36. The van der Waals surface area contributed by atoms with E-state index in [0.29, 0.717) is 37.9 Å². The molecule has 2 aliphatic rings. The normalized spacial score (nSPS) is 17.3. The van der Waals surface area contributed by atoms with E-state index < -0.39 is 0 Å². The quantitative estimate of drug-likeness (QED) is 0.623. The van der Waals surface area contributed by atoms with Crippen molar-refractivity contribution in [2.75, 3.05) is 49.3 Å². The van der Waals surface area contributed by atoms with E-state index in [1.807, 2.05) is 6.07 Å². The summed E-state index contributed by atoms with van der Waals surface area (Å²) in [5, 5.41) is 0.479. The molecule has 0 radical (unpaired) electrons. The molecule has 0 saturated carbocycles. The van der Waals surface area contributed by atoms with Crippen molar-refractivity contribution in [2.24, 2.45) is 0 Å². The standard InChI is InChI=1S/C16H22ClN3O3/c1-2-3-8-23-16(21)20-5-4-12-13(20)11-14(18-15(12)17)19-6-9-22-10-7-19/h11H,2-10H2,1H3. The van der Waals surface area contributed by atoms with Gasteiger partial charge in [0.15, 0.2) is 0 Å². The Labute approximate surface area is 141 Å². The van der Waals surface area contributed by atoms with Crippen molar-refractivity contribution in [3.63, 3.8) is 0 Å². The van der Waals surface area contributed by atoms with Crippen molar-refractivity contribution in [1.29, 1.82) is 0 Å². The van der Waals surface area contributed by atoms with Crippen LogP contribution in [0.3, 0.4) is 0 Å². The van der Waals surface area contributed by atoms with E-state index in [0.717, 1.165) is 43.0 Å². The van der Waals surface area contributed by atoms with E-state index in [9.17, 15) is 4.79 Å². The molecule has 0 aliphatic carbocycles. The Morgan fingerprint density at radius 2 is 2.17 bits per heavy atom. The van der Waals surface area contributed by atoms with Crippen LogP contribution in [0.15, 0.2) is 6.07 Å². The molecule has 1 aromatic heterocycles. The third-order valence-electron chi connectivity index (χ3n) is 4.19. The molecule has 23 heavy (non-hydrogen) atoms. The van der Waals surface area contributed by atoms with E-state index in [1.165, 1.54) is 0 Å². The molecule has 1 aromatic rings. The Hall–Kier alpha value is -1.53. The van der Waals surface area contributed by atoms with Gasteiger partial charge in [0.25, 0.3) is 0 Å². The molecule has 0 atom stereocenters. The number of unbranched alkanes of at least 4 members (excludes halogenated alkanes) is 1. The summed E-state index contributed by atoms with van der Waals surface area (Å²) in [5.41, 5.74) is 1.75. The third kappa shape index (κ3) is 3.53. The average molecular weight is 340 g/mol. The van der Waals surface area contributed by atoms with Crippen LogP contribution in [0.1, 0.15) is 25.3 Å². The lowest BCUT2D eigenvalue weighted by Crippen LogP contribution is -2.37. The Morgan fingerprint density at radius 3 is 2.91 bits per heavy atom. The van der Waals surface area contributed by atoms with Gasteiger partial charge in [-0.05, 0) is 12.8 Å². The zero-order chi connectivity index (χ0) is 16.2. The number of carbonyl (C=O) groups is 1. The first-order chi connectivity index (χ1) is 11.2. The average Bonchev–Trinajstić information content (AvgIpc) is 3.00. The molecule has 0 unspecified atom stereocenters. The van der Waals surface area contributed by atoms with Crippen LogP contribution in [0.25, 0.3) is 0 Å². The monoisotopic (exact) mass is 339 g/mol. The van der Waals surface area contributed by atoms with Crippen molar-refractivity contribution in [2.45, 2.75) is 26.2 Å². The van der Waals surface area contributed by atoms with Crippen molar-refractivity contribution in [3.8, 4) is 0 Å². The van der Waals surface area contributed by atoms with Crippen LogP contribution < -0.4 is 9.80 Å². The SMILES string of the molecule is CCCCOC(=O)N1CCc2c1cc(N1CCOCC1)nc2Cl. The van der Waals surface area contributed by atoms with Crippen LogP contribution in [0.4, 0.5) is 16.3 Å². The highest BCUT2D eigenvalue weighted by atomic mass is 35.5. The minimum absolute atomic E-state index is 0.299. The first-order valence-electron chi connectivity index (χ1n) is 8.17. The maximum atomic E-state index is 12.3. The summed E-state index contributed by atoms with van der Waals surface area (Å²) in [5.74, 6) is 0.797. The van der Waals surface area contributed by atoms with Crippen LogP contribution in [0.5, 0.6) is 0 Å². The lowest BCUT2D eigenvalue weighted by atomic mass is 10.2.